The van der Waals surface area contributed by atoms with Crippen LogP contribution < -0.4 is 5.32 Å². The summed E-state index contributed by atoms with van der Waals surface area (Å²) in [4.78, 5) is 12.7. The maximum Gasteiger partial charge on any atom is 0.311 e. The van der Waals surface area contributed by atoms with E-state index in [-0.39, 0.29) is 16.8 Å². The number of esters is 1. The molecule has 1 N–H and O–H groups in total. The zero-order valence-electron chi connectivity index (χ0n) is 19.0. The summed E-state index contributed by atoms with van der Waals surface area (Å²) in [6.07, 6.45) is 9.12. The van der Waals surface area contributed by atoms with E-state index in [4.69, 9.17) is 9.15 Å². The molecular weight excluding hydrogens is 362 g/mol. The largest absolute Gasteiger partial charge is 0.469 e. The first-order chi connectivity index (χ1) is 13.7. The molecule has 4 atom stereocenters. The van der Waals surface area contributed by atoms with Gasteiger partial charge in [0.25, 0.3) is 0 Å². The van der Waals surface area contributed by atoms with Crippen LogP contribution >= 0.6 is 0 Å². The first-order valence-corrected chi connectivity index (χ1v) is 11.3. The van der Waals surface area contributed by atoms with Gasteiger partial charge in [0.1, 0.15) is 5.76 Å². The average molecular weight is 402 g/mol. The Morgan fingerprint density at radius 3 is 2.83 bits per heavy atom. The van der Waals surface area contributed by atoms with Crippen molar-refractivity contribution in [2.75, 3.05) is 7.11 Å². The summed E-state index contributed by atoms with van der Waals surface area (Å²) >= 11 is 0. The van der Waals surface area contributed by atoms with E-state index >= 15 is 0 Å². The van der Waals surface area contributed by atoms with Crippen molar-refractivity contribution in [1.82, 2.24) is 5.32 Å². The highest BCUT2D eigenvalue weighted by Gasteiger charge is 2.57. The monoisotopic (exact) mass is 401 g/mol. The van der Waals surface area contributed by atoms with Crippen molar-refractivity contribution in [3.05, 3.63) is 35.8 Å². The third-order valence-corrected chi connectivity index (χ3v) is 7.88. The van der Waals surface area contributed by atoms with Crippen LogP contribution in [0.2, 0.25) is 0 Å². The fourth-order valence-corrected chi connectivity index (χ4v) is 6.30. The predicted molar refractivity (Wildman–Crippen MR) is 116 cm³/mol. The topological polar surface area (TPSA) is 51.5 Å². The molecule has 4 nitrogen and oxygen atoms in total. The molecule has 0 spiro atoms. The van der Waals surface area contributed by atoms with E-state index in [2.05, 4.69) is 45.7 Å². The van der Waals surface area contributed by atoms with Gasteiger partial charge in [-0.3, -0.25) is 4.79 Å². The second-order valence-electron chi connectivity index (χ2n) is 10.0. The number of rotatable bonds is 7. The Labute approximate surface area is 176 Å². The zero-order chi connectivity index (χ0) is 21.2. The van der Waals surface area contributed by atoms with Crippen molar-refractivity contribution >= 4 is 5.97 Å². The highest BCUT2D eigenvalue weighted by Crippen LogP contribution is 2.62. The van der Waals surface area contributed by atoms with Crippen LogP contribution in [0.4, 0.5) is 0 Å². The Kier molecular flexibility index (Phi) is 6.62. The number of furan rings is 1. The maximum absolute atomic E-state index is 12.7. The molecule has 0 bridgehead atoms. The minimum atomic E-state index is -0.372. The normalized spacial score (nSPS) is 32.3. The Morgan fingerprint density at radius 1 is 1.38 bits per heavy atom. The molecule has 2 aliphatic rings. The van der Waals surface area contributed by atoms with Crippen LogP contribution in [0.5, 0.6) is 0 Å². The number of nitrogens with one attached hydrogen (secondary N) is 1. The molecule has 2 saturated carbocycles. The molecule has 3 rings (SSSR count). The van der Waals surface area contributed by atoms with Gasteiger partial charge in [-0.1, -0.05) is 39.3 Å². The van der Waals surface area contributed by atoms with Gasteiger partial charge >= 0.3 is 5.97 Å². The number of hydrogen-bond acceptors (Lipinski definition) is 4. The van der Waals surface area contributed by atoms with Gasteiger partial charge in [0, 0.05) is 6.04 Å². The highest BCUT2D eigenvalue weighted by atomic mass is 16.5. The lowest BCUT2D eigenvalue weighted by Gasteiger charge is -2.57. The second-order valence-corrected chi connectivity index (χ2v) is 10.0. The third kappa shape index (κ3) is 4.19. The molecule has 0 aliphatic heterocycles. The van der Waals surface area contributed by atoms with Gasteiger partial charge in [0.15, 0.2) is 0 Å². The fourth-order valence-electron chi connectivity index (χ4n) is 6.30. The molecule has 0 amide bonds. The first kappa shape index (κ1) is 22.1. The molecule has 2 fully saturated rings. The van der Waals surface area contributed by atoms with E-state index in [1.807, 2.05) is 6.26 Å². The Balaban J connectivity index is 1.78. The van der Waals surface area contributed by atoms with Crippen LogP contribution in [0, 0.1) is 22.7 Å². The Hall–Kier alpha value is -1.55. The van der Waals surface area contributed by atoms with E-state index in [9.17, 15) is 4.79 Å². The van der Waals surface area contributed by atoms with E-state index in [1.165, 1.54) is 24.7 Å². The lowest BCUT2D eigenvalue weighted by molar-refractivity contribution is -0.168. The quantitative estimate of drug-likeness (QED) is 0.473. The molecule has 1 unspecified atom stereocenters. The van der Waals surface area contributed by atoms with Gasteiger partial charge in [-0.05, 0) is 74.3 Å². The summed E-state index contributed by atoms with van der Waals surface area (Å²) < 4.78 is 11.0. The lowest BCUT2D eigenvalue weighted by atomic mass is 9.46. The molecule has 29 heavy (non-hydrogen) atoms. The molecule has 0 aromatic carbocycles. The number of methoxy groups -OCH3 is 1. The van der Waals surface area contributed by atoms with Crippen LogP contribution in [-0.4, -0.2) is 19.1 Å². The van der Waals surface area contributed by atoms with Gasteiger partial charge in [-0.15, -0.1) is 0 Å². The van der Waals surface area contributed by atoms with E-state index in [1.54, 1.807) is 0 Å². The number of carbonyl (C=O) groups is 1. The number of carbonyl (C=O) groups excluding carboxylic acids is 1. The molecule has 1 aromatic rings. The Morgan fingerprint density at radius 2 is 2.14 bits per heavy atom. The minimum Gasteiger partial charge on any atom is -0.469 e. The molecule has 0 saturated heterocycles. The van der Waals surface area contributed by atoms with E-state index in [0.717, 1.165) is 50.8 Å². The van der Waals surface area contributed by atoms with Crippen LogP contribution in [0.25, 0.3) is 0 Å². The predicted octanol–water partition coefficient (Wildman–Crippen LogP) is 5.66. The summed E-state index contributed by atoms with van der Waals surface area (Å²) in [5, 5.41) is 3.45. The molecule has 0 radical (unpaired) electrons. The number of aryl methyl sites for hydroxylation is 1. The van der Waals surface area contributed by atoms with Crippen LogP contribution in [0.15, 0.2) is 28.9 Å². The summed E-state index contributed by atoms with van der Waals surface area (Å²) in [6.45, 7) is 14.1. The van der Waals surface area contributed by atoms with Gasteiger partial charge in [-0.25, -0.2) is 0 Å². The standard InChI is InChI=1S/C25H39NO3/c1-17(2)26-16-21-19(12-15-29-21)9-10-20-18(3)8-11-22-24(20,4)13-7-14-25(22,5)23(27)28-6/h12,15,17,20,22,26H,3,7-11,13-14,16H2,1-2,4-6H3/t20-,22?,24+,25-/m0/s1. The second kappa shape index (κ2) is 8.67. The van der Waals surface area contributed by atoms with Crippen molar-refractivity contribution < 1.29 is 13.9 Å². The van der Waals surface area contributed by atoms with Gasteiger partial charge in [-0.2, -0.15) is 0 Å². The zero-order valence-corrected chi connectivity index (χ0v) is 19.0. The van der Waals surface area contributed by atoms with Crippen LogP contribution in [0.3, 0.4) is 0 Å². The minimum absolute atomic E-state index is 0.0310. The van der Waals surface area contributed by atoms with Crippen LogP contribution in [-0.2, 0) is 22.5 Å². The van der Waals surface area contributed by atoms with Crippen LogP contribution in [0.1, 0.15) is 77.5 Å². The SMILES string of the molecule is C=C1CCC2[C@](C)(CCC[C@]2(C)C(=O)OC)[C@H]1CCc1ccoc1CNC(C)C. The highest BCUT2D eigenvalue weighted by molar-refractivity contribution is 5.77. The molecular formula is C25H39NO3. The average Bonchev–Trinajstić information content (AvgIpc) is 3.12. The number of allylic oxidation sites excluding steroid dienone is 1. The summed E-state index contributed by atoms with van der Waals surface area (Å²) in [5.41, 5.74) is 2.39. The molecule has 4 heteroatoms. The first-order valence-electron chi connectivity index (χ1n) is 11.3. The molecule has 1 aromatic heterocycles. The number of ether oxygens (including phenoxy) is 1. The maximum atomic E-state index is 12.7. The number of fused-ring (bicyclic) bond motifs is 1. The van der Waals surface area contributed by atoms with E-state index < -0.39 is 0 Å². The lowest BCUT2D eigenvalue weighted by Crippen LogP contribution is -2.53. The van der Waals surface area contributed by atoms with Gasteiger partial charge < -0.3 is 14.5 Å². The van der Waals surface area contributed by atoms with Crippen molar-refractivity contribution in [3.8, 4) is 0 Å². The fraction of sp³-hybridized carbons (Fsp3) is 0.720. The van der Waals surface area contributed by atoms with Crippen molar-refractivity contribution in [2.24, 2.45) is 22.7 Å². The Bertz CT molecular complexity index is 736. The summed E-state index contributed by atoms with van der Waals surface area (Å²) in [6, 6.07) is 2.55. The summed E-state index contributed by atoms with van der Waals surface area (Å²) in [5.74, 6) is 1.81. The summed E-state index contributed by atoms with van der Waals surface area (Å²) in [7, 11) is 1.53. The van der Waals surface area contributed by atoms with Crippen molar-refractivity contribution in [1.29, 1.82) is 0 Å². The number of hydrogen-bond donors (Lipinski definition) is 1. The molecule has 2 aliphatic carbocycles. The molecule has 1 heterocycles. The molecule has 162 valence electrons. The van der Waals surface area contributed by atoms with Crippen molar-refractivity contribution in [3.63, 3.8) is 0 Å². The van der Waals surface area contributed by atoms with Gasteiger partial charge in [0.2, 0.25) is 0 Å². The smallest absolute Gasteiger partial charge is 0.311 e. The third-order valence-electron chi connectivity index (χ3n) is 7.88. The van der Waals surface area contributed by atoms with Gasteiger partial charge in [0.05, 0.1) is 25.3 Å². The van der Waals surface area contributed by atoms with Crippen molar-refractivity contribution in [2.45, 2.75) is 85.2 Å². The van der Waals surface area contributed by atoms with E-state index in [0.29, 0.717) is 17.9 Å².